The minimum atomic E-state index is -0.168. The molecule has 1 heterocycles. The number of hydrogen-bond donors (Lipinski definition) is 2. The van der Waals surface area contributed by atoms with E-state index in [-0.39, 0.29) is 5.69 Å². The van der Waals surface area contributed by atoms with E-state index >= 15 is 0 Å². The fourth-order valence-electron chi connectivity index (χ4n) is 1.50. The molecule has 74 valence electrons. The van der Waals surface area contributed by atoms with Crippen LogP contribution >= 0.6 is 11.6 Å². The van der Waals surface area contributed by atoms with E-state index in [4.69, 9.17) is 17.3 Å². The predicted molar refractivity (Wildman–Crippen MR) is 56.6 cm³/mol. The highest BCUT2D eigenvalue weighted by Crippen LogP contribution is 2.19. The molecule has 0 saturated carbocycles. The molecule has 2 rings (SSSR count). The van der Waals surface area contributed by atoms with Crippen LogP contribution in [0.15, 0.2) is 23.0 Å². The number of para-hydroxylation sites is 1. The van der Waals surface area contributed by atoms with Crippen LogP contribution in [0.1, 0.15) is 0 Å². The van der Waals surface area contributed by atoms with Gasteiger partial charge in [0.05, 0.1) is 16.1 Å². The summed E-state index contributed by atoms with van der Waals surface area (Å²) in [4.78, 5) is 14.2. The number of H-pyrrole nitrogens is 1. The van der Waals surface area contributed by atoms with Gasteiger partial charge >= 0.3 is 5.69 Å². The largest absolute Gasteiger partial charge is 0.329 e. The molecule has 0 radical (unpaired) electrons. The number of imidazole rings is 1. The second kappa shape index (κ2) is 3.48. The van der Waals surface area contributed by atoms with Gasteiger partial charge in [-0.15, -0.1) is 0 Å². The molecule has 2 aromatic rings. The normalized spacial score (nSPS) is 11.0. The lowest BCUT2D eigenvalue weighted by molar-refractivity contribution is 0.703. The third kappa shape index (κ3) is 1.32. The van der Waals surface area contributed by atoms with Gasteiger partial charge in [0.1, 0.15) is 0 Å². The Hall–Kier alpha value is -1.26. The van der Waals surface area contributed by atoms with Crippen molar-refractivity contribution < 1.29 is 0 Å². The molecular weight excluding hydrogens is 202 g/mol. The molecular formula is C9H10ClN3O. The first kappa shape index (κ1) is 9.30. The summed E-state index contributed by atoms with van der Waals surface area (Å²) in [6.07, 6.45) is 0. The second-order valence-corrected chi connectivity index (χ2v) is 3.41. The molecule has 0 aliphatic carbocycles. The molecule has 5 heteroatoms. The molecule has 14 heavy (non-hydrogen) atoms. The number of fused-ring (bicyclic) bond motifs is 1. The van der Waals surface area contributed by atoms with Gasteiger partial charge < -0.3 is 10.7 Å². The van der Waals surface area contributed by atoms with E-state index in [9.17, 15) is 4.79 Å². The molecule has 0 atom stereocenters. The third-order valence-electron chi connectivity index (χ3n) is 2.11. The van der Waals surface area contributed by atoms with Gasteiger partial charge in [0.15, 0.2) is 0 Å². The number of nitrogens with zero attached hydrogens (tertiary/aromatic N) is 1. The van der Waals surface area contributed by atoms with Crippen LogP contribution in [0.4, 0.5) is 0 Å². The maximum atomic E-state index is 11.5. The Morgan fingerprint density at radius 3 is 3.00 bits per heavy atom. The highest BCUT2D eigenvalue weighted by molar-refractivity contribution is 6.34. The smallest absolute Gasteiger partial charge is 0.326 e. The van der Waals surface area contributed by atoms with Crippen molar-refractivity contribution in [2.75, 3.05) is 6.54 Å². The minimum Gasteiger partial charge on any atom is -0.329 e. The topological polar surface area (TPSA) is 63.8 Å². The number of halogens is 1. The van der Waals surface area contributed by atoms with Gasteiger partial charge in [-0.25, -0.2) is 4.79 Å². The first-order chi connectivity index (χ1) is 6.74. The molecule has 0 amide bonds. The van der Waals surface area contributed by atoms with Gasteiger partial charge in [-0.05, 0) is 12.1 Å². The maximum absolute atomic E-state index is 11.5. The lowest BCUT2D eigenvalue weighted by Crippen LogP contribution is -2.21. The van der Waals surface area contributed by atoms with Gasteiger partial charge in [0, 0.05) is 13.1 Å². The summed E-state index contributed by atoms with van der Waals surface area (Å²) in [5.41, 5.74) is 6.72. The first-order valence-electron chi connectivity index (χ1n) is 4.31. The van der Waals surface area contributed by atoms with Gasteiger partial charge in [0.2, 0.25) is 0 Å². The SMILES string of the molecule is NCCn1c(=O)[nH]c2c(Cl)cccc21. The molecule has 0 spiro atoms. The first-order valence-corrected chi connectivity index (χ1v) is 4.69. The number of benzene rings is 1. The second-order valence-electron chi connectivity index (χ2n) is 3.00. The van der Waals surface area contributed by atoms with E-state index in [2.05, 4.69) is 4.98 Å². The van der Waals surface area contributed by atoms with E-state index in [0.29, 0.717) is 23.6 Å². The van der Waals surface area contributed by atoms with Crippen LogP contribution < -0.4 is 11.4 Å². The van der Waals surface area contributed by atoms with E-state index in [0.717, 1.165) is 5.52 Å². The van der Waals surface area contributed by atoms with Gasteiger partial charge in [-0.3, -0.25) is 4.57 Å². The zero-order chi connectivity index (χ0) is 10.1. The molecule has 3 N–H and O–H groups in total. The van der Waals surface area contributed by atoms with Crippen molar-refractivity contribution in [1.29, 1.82) is 0 Å². The predicted octanol–water partition coefficient (Wildman–Crippen LogP) is 0.942. The molecule has 4 nitrogen and oxygen atoms in total. The van der Waals surface area contributed by atoms with Crippen LogP contribution in [0.5, 0.6) is 0 Å². The van der Waals surface area contributed by atoms with Crippen LogP contribution in [0, 0.1) is 0 Å². The maximum Gasteiger partial charge on any atom is 0.326 e. The van der Waals surface area contributed by atoms with E-state index in [1.807, 2.05) is 12.1 Å². The summed E-state index contributed by atoms with van der Waals surface area (Å²) in [6, 6.07) is 5.40. The van der Waals surface area contributed by atoms with Crippen molar-refractivity contribution in [3.8, 4) is 0 Å². The van der Waals surface area contributed by atoms with Crippen molar-refractivity contribution in [3.63, 3.8) is 0 Å². The fraction of sp³-hybridized carbons (Fsp3) is 0.222. The Labute approximate surface area is 85.3 Å². The Balaban J connectivity index is 2.77. The van der Waals surface area contributed by atoms with Crippen molar-refractivity contribution in [1.82, 2.24) is 9.55 Å². The van der Waals surface area contributed by atoms with Crippen LogP contribution in [-0.4, -0.2) is 16.1 Å². The molecule has 0 bridgehead atoms. The van der Waals surface area contributed by atoms with Crippen LogP contribution in [-0.2, 0) is 6.54 Å². The minimum absolute atomic E-state index is 0.168. The number of nitrogens with one attached hydrogen (secondary N) is 1. The van der Waals surface area contributed by atoms with Crippen LogP contribution in [0.2, 0.25) is 5.02 Å². The number of aromatic amines is 1. The summed E-state index contributed by atoms with van der Waals surface area (Å²) in [5, 5.41) is 0.551. The Morgan fingerprint density at radius 2 is 2.29 bits per heavy atom. The van der Waals surface area contributed by atoms with E-state index in [1.54, 1.807) is 10.6 Å². The van der Waals surface area contributed by atoms with Gasteiger partial charge in [-0.1, -0.05) is 17.7 Å². The third-order valence-corrected chi connectivity index (χ3v) is 2.43. The fourth-order valence-corrected chi connectivity index (χ4v) is 1.71. The monoisotopic (exact) mass is 211 g/mol. The molecule has 1 aromatic carbocycles. The Kier molecular flexibility index (Phi) is 2.31. The van der Waals surface area contributed by atoms with Crippen molar-refractivity contribution >= 4 is 22.6 Å². The standard InChI is InChI=1S/C9H10ClN3O/c10-6-2-1-3-7-8(6)12-9(14)13(7)5-4-11/h1-3H,4-5,11H2,(H,12,14). The summed E-state index contributed by atoms with van der Waals surface area (Å²) in [6.45, 7) is 0.929. The Bertz CT molecular complexity index is 514. The van der Waals surface area contributed by atoms with Crippen LogP contribution in [0.3, 0.4) is 0 Å². The zero-order valence-corrected chi connectivity index (χ0v) is 8.21. The highest BCUT2D eigenvalue weighted by Gasteiger charge is 2.07. The summed E-state index contributed by atoms with van der Waals surface area (Å²) in [5.74, 6) is 0. The van der Waals surface area contributed by atoms with Crippen molar-refractivity contribution in [2.24, 2.45) is 5.73 Å². The Morgan fingerprint density at radius 1 is 1.50 bits per heavy atom. The quantitative estimate of drug-likeness (QED) is 0.777. The number of aromatic nitrogens is 2. The lowest BCUT2D eigenvalue weighted by Gasteiger charge is -1.99. The van der Waals surface area contributed by atoms with Gasteiger partial charge in [-0.2, -0.15) is 0 Å². The average Bonchev–Trinajstić information content (AvgIpc) is 2.47. The van der Waals surface area contributed by atoms with E-state index < -0.39 is 0 Å². The number of nitrogens with two attached hydrogens (primary N) is 1. The number of hydrogen-bond acceptors (Lipinski definition) is 2. The average molecular weight is 212 g/mol. The molecule has 0 unspecified atom stereocenters. The van der Waals surface area contributed by atoms with E-state index in [1.165, 1.54) is 0 Å². The van der Waals surface area contributed by atoms with Crippen molar-refractivity contribution in [3.05, 3.63) is 33.7 Å². The van der Waals surface area contributed by atoms with Gasteiger partial charge in [0.25, 0.3) is 0 Å². The molecule has 0 saturated heterocycles. The molecule has 0 aliphatic rings. The highest BCUT2D eigenvalue weighted by atomic mass is 35.5. The lowest BCUT2D eigenvalue weighted by atomic mass is 10.3. The zero-order valence-electron chi connectivity index (χ0n) is 7.46. The summed E-state index contributed by atoms with van der Waals surface area (Å²) < 4.78 is 1.58. The molecule has 1 aromatic heterocycles. The number of rotatable bonds is 2. The molecule has 0 fully saturated rings. The van der Waals surface area contributed by atoms with Crippen molar-refractivity contribution in [2.45, 2.75) is 6.54 Å². The van der Waals surface area contributed by atoms with Crippen LogP contribution in [0.25, 0.3) is 11.0 Å². The summed E-state index contributed by atoms with van der Waals surface area (Å²) in [7, 11) is 0. The summed E-state index contributed by atoms with van der Waals surface area (Å²) >= 11 is 5.93. The molecule has 0 aliphatic heterocycles.